The van der Waals surface area contributed by atoms with Gasteiger partial charge in [-0.3, -0.25) is 0 Å². The van der Waals surface area contributed by atoms with Gasteiger partial charge < -0.3 is 0 Å². The lowest BCUT2D eigenvalue weighted by atomic mass is 11.9. The molecular formula is CH7N2Si2+. The molecule has 0 aromatic carbocycles. The number of nitrogens with zero attached hydrogens (tertiary/aromatic N) is 2. The smallest absolute Gasteiger partial charge is 0.0255 e. The van der Waals surface area contributed by atoms with Crippen molar-refractivity contribution in [2.45, 2.75) is 6.55 Å². The van der Waals surface area contributed by atoms with Gasteiger partial charge in [-0.05, 0) is 4.64 Å². The van der Waals surface area contributed by atoms with Crippen LogP contribution >= 0.6 is 0 Å². The molecule has 0 bridgehead atoms. The van der Waals surface area contributed by atoms with E-state index in [1.165, 1.54) is 0 Å². The second-order valence-electron chi connectivity index (χ2n) is 1.21. The van der Waals surface area contributed by atoms with E-state index >= 15 is 0 Å². The molecule has 0 rings (SSSR count). The van der Waals surface area contributed by atoms with Crippen molar-refractivity contribution >= 4 is 18.2 Å². The van der Waals surface area contributed by atoms with Crippen molar-refractivity contribution in [1.82, 2.24) is 0 Å². The van der Waals surface area contributed by atoms with Crippen LogP contribution < -0.4 is 0 Å². The molecule has 0 radical (unpaired) electrons. The van der Waals surface area contributed by atoms with Gasteiger partial charge in [-0.15, -0.1) is 0 Å². The van der Waals surface area contributed by atoms with Gasteiger partial charge in [0, 0.05) is 6.55 Å². The van der Waals surface area contributed by atoms with Crippen LogP contribution in [-0.2, 0) is 0 Å². The van der Waals surface area contributed by atoms with E-state index < -0.39 is 8.48 Å². The van der Waals surface area contributed by atoms with Crippen LogP contribution in [0.3, 0.4) is 0 Å². The summed E-state index contributed by atoms with van der Waals surface area (Å²) in [4.78, 5) is 0. The molecular weight excluding hydrogens is 96.2 g/mol. The van der Waals surface area contributed by atoms with Crippen molar-refractivity contribution in [2.75, 3.05) is 0 Å². The first-order valence-corrected chi connectivity index (χ1v) is 7.90. The van der Waals surface area contributed by atoms with Gasteiger partial charge in [-0.1, -0.05) is 0 Å². The van der Waals surface area contributed by atoms with Crippen LogP contribution in [0.1, 0.15) is 0 Å². The lowest BCUT2D eigenvalue weighted by Crippen LogP contribution is -1.96. The molecule has 0 aliphatic heterocycles. The van der Waals surface area contributed by atoms with Gasteiger partial charge in [-0.2, -0.15) is 0 Å². The molecule has 0 amide bonds. The Morgan fingerprint density at radius 3 is 2.20 bits per heavy atom. The lowest BCUT2D eigenvalue weighted by molar-refractivity contribution is 1.51. The maximum absolute atomic E-state index is 7.86. The molecule has 0 fully saturated rings. The molecule has 1 atom stereocenters. The van der Waals surface area contributed by atoms with Crippen LogP contribution in [-0.4, -0.2) is 18.2 Å². The largest absolute Gasteiger partial charge is 0.510 e. The van der Waals surface area contributed by atoms with Crippen LogP contribution in [0.25, 0.3) is 4.64 Å². The van der Waals surface area contributed by atoms with Gasteiger partial charge >= 0.3 is 8.48 Å². The van der Waals surface area contributed by atoms with Gasteiger partial charge in [0.25, 0.3) is 0 Å². The highest BCUT2D eigenvalue weighted by Gasteiger charge is 2.05. The highest BCUT2D eigenvalue weighted by atomic mass is 29.2. The van der Waals surface area contributed by atoms with Crippen molar-refractivity contribution in [3.8, 4) is 0 Å². The topological polar surface area (TPSA) is 28.1 Å². The maximum atomic E-state index is 7.86. The second-order valence-corrected chi connectivity index (χ2v) is 8.64. The molecule has 0 spiro atoms. The predicted molar refractivity (Wildman–Crippen MR) is 28.0 cm³/mol. The summed E-state index contributed by atoms with van der Waals surface area (Å²) < 4.78 is 3.09. The fourth-order valence-corrected chi connectivity index (χ4v) is 0. The van der Waals surface area contributed by atoms with Gasteiger partial charge in [0.2, 0.25) is 0 Å². The van der Waals surface area contributed by atoms with Crippen LogP contribution in [0.5, 0.6) is 0 Å². The summed E-state index contributed by atoms with van der Waals surface area (Å²) in [5, 5.41) is 7.86. The van der Waals surface area contributed by atoms with Gasteiger partial charge in [0.15, 0.2) is 5.39 Å². The highest BCUT2D eigenvalue weighted by Crippen LogP contribution is 1.66. The summed E-state index contributed by atoms with van der Waals surface area (Å²) in [7, 11) is 0.262. The zero-order valence-electron chi connectivity index (χ0n) is 3.47. The Hall–Kier alpha value is -0.146. The number of hydrogen-bond donors (Lipinski definition) is 0. The average molecular weight is 103 g/mol. The van der Waals surface area contributed by atoms with Crippen LogP contribution in [0, 0.1) is 5.39 Å². The number of hydrogen-bond acceptors (Lipinski definition) is 1. The summed E-state index contributed by atoms with van der Waals surface area (Å²) in [6.45, 7) is 2.01. The standard InChI is InChI=1S/CH7N2Si2/c1-5(4)3-2/h5H,1,4H3/q+1. The Labute approximate surface area is 35.7 Å². The Morgan fingerprint density at radius 2 is 2.20 bits per heavy atom. The van der Waals surface area contributed by atoms with Crippen molar-refractivity contribution in [2.24, 2.45) is 0 Å². The fourth-order valence-electron chi connectivity index (χ4n) is 0. The zero-order valence-corrected chi connectivity index (χ0v) is 6.63. The second kappa shape index (κ2) is 2.11. The van der Waals surface area contributed by atoms with Gasteiger partial charge in [0.1, 0.15) is 9.76 Å². The monoisotopic (exact) mass is 103 g/mol. The van der Waals surface area contributed by atoms with E-state index in [0.29, 0.717) is 0 Å². The minimum atomic E-state index is -0.830. The molecule has 5 heavy (non-hydrogen) atoms. The lowest BCUT2D eigenvalue weighted by Gasteiger charge is -1.52. The molecule has 0 saturated heterocycles. The van der Waals surface area contributed by atoms with Crippen LogP contribution in [0.4, 0.5) is 0 Å². The Morgan fingerprint density at radius 1 is 2.00 bits per heavy atom. The quantitative estimate of drug-likeness (QED) is 0.287. The summed E-state index contributed by atoms with van der Waals surface area (Å²) >= 11 is 0. The van der Waals surface area contributed by atoms with Crippen molar-refractivity contribution in [3.05, 3.63) is 4.64 Å². The molecule has 4 heteroatoms. The minimum Gasteiger partial charge on any atom is -0.0255 e. The fraction of sp³-hybridized carbons (Fsp3) is 1.00. The summed E-state index contributed by atoms with van der Waals surface area (Å²) in [6.07, 6.45) is 0. The first-order valence-electron chi connectivity index (χ1n) is 1.61. The predicted octanol–water partition coefficient (Wildman–Crippen LogP) is -0.945. The number of diazo groups is 1. The van der Waals surface area contributed by atoms with E-state index in [0.717, 1.165) is 9.76 Å². The van der Waals surface area contributed by atoms with Crippen molar-refractivity contribution in [1.29, 1.82) is 5.39 Å². The highest BCUT2D eigenvalue weighted by molar-refractivity contribution is 7.04. The average Bonchev–Trinajstić information content (AvgIpc) is 1.38. The normalized spacial score (nSPS) is 13.6. The molecule has 0 heterocycles. The Balaban J connectivity index is 2.94. The molecule has 0 aliphatic rings. The molecule has 0 aromatic heterocycles. The van der Waals surface area contributed by atoms with E-state index in [2.05, 4.69) is 4.64 Å². The summed E-state index contributed by atoms with van der Waals surface area (Å²) in [5.74, 6) is 0. The maximum Gasteiger partial charge on any atom is 0.510 e. The van der Waals surface area contributed by atoms with E-state index in [1.54, 1.807) is 0 Å². The van der Waals surface area contributed by atoms with E-state index in [-0.39, 0.29) is 0 Å². The molecule has 0 aromatic rings. The van der Waals surface area contributed by atoms with Crippen LogP contribution in [0.2, 0.25) is 6.55 Å². The third-order valence-corrected chi connectivity index (χ3v) is 1.39. The molecule has 0 aliphatic carbocycles. The Kier molecular flexibility index (Phi) is 2.05. The molecule has 0 saturated carbocycles. The van der Waals surface area contributed by atoms with Crippen molar-refractivity contribution in [3.63, 3.8) is 0 Å². The summed E-state index contributed by atoms with van der Waals surface area (Å²) in [6, 6.07) is 0. The first-order chi connectivity index (χ1) is 2.27. The molecule has 0 N–H and O–H groups in total. The van der Waals surface area contributed by atoms with Crippen LogP contribution in [0.15, 0.2) is 0 Å². The third kappa shape index (κ3) is 3.85. The van der Waals surface area contributed by atoms with E-state index in [4.69, 9.17) is 5.39 Å². The SMILES string of the molecule is C[SiH]([SiH3])[N+]#N. The molecule has 1 unspecified atom stereocenters. The van der Waals surface area contributed by atoms with Gasteiger partial charge in [-0.25, -0.2) is 0 Å². The third-order valence-electron chi connectivity index (χ3n) is 0.231. The zero-order chi connectivity index (χ0) is 4.28. The van der Waals surface area contributed by atoms with E-state index in [9.17, 15) is 0 Å². The molecule has 2 nitrogen and oxygen atoms in total. The minimum absolute atomic E-state index is 0.830. The summed E-state index contributed by atoms with van der Waals surface area (Å²) in [5.41, 5.74) is 0. The van der Waals surface area contributed by atoms with Gasteiger partial charge in [0.05, 0.1) is 0 Å². The van der Waals surface area contributed by atoms with E-state index in [1.807, 2.05) is 6.55 Å². The Bertz CT molecular complexity index is 53.2. The van der Waals surface area contributed by atoms with Crippen molar-refractivity contribution < 1.29 is 0 Å². The number of rotatable bonds is 0. The first kappa shape index (κ1) is 4.85. The molecule has 28 valence electrons.